The van der Waals surface area contributed by atoms with Gasteiger partial charge in [0.2, 0.25) is 0 Å². The van der Waals surface area contributed by atoms with Crippen LogP contribution in [-0.2, 0) is 4.79 Å². The van der Waals surface area contributed by atoms with Gasteiger partial charge in [-0.05, 0) is 30.3 Å². The lowest BCUT2D eigenvalue weighted by Crippen LogP contribution is -2.34. The van der Waals surface area contributed by atoms with Gasteiger partial charge < -0.3 is 5.32 Å². The number of benzene rings is 3. The van der Waals surface area contributed by atoms with Crippen LogP contribution in [0, 0.1) is 0 Å². The minimum Gasteiger partial charge on any atom is -0.342 e. The molecule has 37 heavy (non-hydrogen) atoms. The normalized spacial score (nSPS) is 11.2. The summed E-state index contributed by atoms with van der Waals surface area (Å²) in [6.07, 6.45) is 3.37. The molecule has 2 N–H and O–H groups in total. The van der Waals surface area contributed by atoms with Gasteiger partial charge in [0.05, 0.1) is 23.5 Å². The molecule has 3 aromatic carbocycles. The lowest BCUT2D eigenvalue weighted by molar-refractivity contribution is -0.120. The van der Waals surface area contributed by atoms with Gasteiger partial charge in [0, 0.05) is 31.9 Å². The Morgan fingerprint density at radius 2 is 1.76 bits per heavy atom. The lowest BCUT2D eigenvalue weighted by Gasteiger charge is -2.03. The fourth-order valence-corrected chi connectivity index (χ4v) is 5.34. The fourth-order valence-electron chi connectivity index (χ4n) is 3.64. The predicted octanol–water partition coefficient (Wildman–Crippen LogP) is 6.05. The molecule has 10 heteroatoms. The number of nitrogens with zero attached hydrogens (tertiary/aromatic N) is 3. The van der Waals surface area contributed by atoms with Crippen molar-refractivity contribution in [3.05, 3.63) is 105 Å². The molecule has 0 fully saturated rings. The molecule has 2 amide bonds. The quantitative estimate of drug-likeness (QED) is 0.178. The van der Waals surface area contributed by atoms with Crippen LogP contribution in [0.2, 0.25) is 5.02 Å². The van der Waals surface area contributed by atoms with Crippen molar-refractivity contribution >= 4 is 67.0 Å². The third-order valence-corrected chi connectivity index (χ3v) is 7.63. The molecule has 5 rings (SSSR count). The molecule has 184 valence electrons. The number of rotatable bonds is 7. The number of hydrogen-bond acceptors (Lipinski definition) is 5. The zero-order chi connectivity index (χ0) is 25.8. The molecular formula is C27H19BrClN5O2S. The van der Waals surface area contributed by atoms with Crippen molar-refractivity contribution in [1.29, 1.82) is 0 Å². The van der Waals surface area contributed by atoms with Gasteiger partial charge in [-0.2, -0.15) is 10.2 Å². The van der Waals surface area contributed by atoms with Crippen LogP contribution in [0.15, 0.2) is 94.6 Å². The van der Waals surface area contributed by atoms with E-state index in [4.69, 9.17) is 16.7 Å². The van der Waals surface area contributed by atoms with Gasteiger partial charge in [0.1, 0.15) is 10.6 Å². The molecule has 0 unspecified atom stereocenters. The Morgan fingerprint density at radius 1 is 1.03 bits per heavy atom. The van der Waals surface area contributed by atoms with Crippen LogP contribution in [0.5, 0.6) is 0 Å². The third-order valence-electron chi connectivity index (χ3n) is 5.42. The number of para-hydroxylation sites is 1. The number of carbonyl (C=O) groups excluding carboxylic acids is 2. The first-order chi connectivity index (χ1) is 18.0. The number of thiophene rings is 1. The first-order valence-corrected chi connectivity index (χ1v) is 13.2. The van der Waals surface area contributed by atoms with Gasteiger partial charge in [-0.25, -0.2) is 10.1 Å². The Morgan fingerprint density at radius 3 is 2.51 bits per heavy atom. The number of aromatic nitrogens is 2. The second-order valence-electron chi connectivity index (χ2n) is 7.94. The smallest absolute Gasteiger partial charge is 0.263 e. The number of carbonyl (C=O) groups is 2. The number of hydrogen-bond donors (Lipinski definition) is 2. The van der Waals surface area contributed by atoms with Gasteiger partial charge in [-0.15, -0.1) is 11.3 Å². The van der Waals surface area contributed by atoms with E-state index in [9.17, 15) is 9.59 Å². The van der Waals surface area contributed by atoms with Crippen molar-refractivity contribution in [3.8, 4) is 16.9 Å². The van der Waals surface area contributed by atoms with E-state index in [1.165, 1.54) is 17.6 Å². The number of fused-ring (bicyclic) bond motifs is 1. The monoisotopic (exact) mass is 591 g/mol. The minimum absolute atomic E-state index is 0.246. The van der Waals surface area contributed by atoms with Gasteiger partial charge in [0.15, 0.2) is 0 Å². The van der Waals surface area contributed by atoms with Gasteiger partial charge in [-0.3, -0.25) is 9.59 Å². The Hall–Kier alpha value is -3.79. The Kier molecular flexibility index (Phi) is 7.45. The highest BCUT2D eigenvalue weighted by Gasteiger charge is 2.17. The molecule has 0 saturated heterocycles. The van der Waals surface area contributed by atoms with E-state index in [1.54, 1.807) is 4.68 Å². The van der Waals surface area contributed by atoms with Crippen LogP contribution in [-0.4, -0.2) is 34.4 Å². The Balaban J connectivity index is 1.27. The second-order valence-corrected chi connectivity index (χ2v) is 10.3. The number of nitrogens with one attached hydrogen (secondary N) is 2. The van der Waals surface area contributed by atoms with Gasteiger partial charge in [-0.1, -0.05) is 76.1 Å². The summed E-state index contributed by atoms with van der Waals surface area (Å²) >= 11 is 11.1. The standard InChI is InChI=1S/C27H19BrClN5O2S/c28-19-12-10-17(11-13-19)25-18(16-34(33-25)20-6-2-1-3-7-20)14-31-32-23(35)15-30-27(36)26-24(29)21-8-4-5-9-22(21)37-26/h1-14,16H,15H2,(H,30,36)(H,32,35)/b31-14-. The average molecular weight is 593 g/mol. The molecule has 2 heterocycles. The fraction of sp³-hybridized carbons (Fsp3) is 0.0370. The summed E-state index contributed by atoms with van der Waals surface area (Å²) < 4.78 is 3.62. The highest BCUT2D eigenvalue weighted by Crippen LogP contribution is 2.35. The van der Waals surface area contributed by atoms with Crippen LogP contribution in [0.4, 0.5) is 0 Å². The maximum absolute atomic E-state index is 12.6. The van der Waals surface area contributed by atoms with Crippen LogP contribution in [0.1, 0.15) is 15.2 Å². The molecule has 0 radical (unpaired) electrons. The van der Waals surface area contributed by atoms with Crippen LogP contribution in [0.3, 0.4) is 0 Å². The van der Waals surface area contributed by atoms with E-state index < -0.39 is 11.8 Å². The predicted molar refractivity (Wildman–Crippen MR) is 152 cm³/mol. The topological polar surface area (TPSA) is 88.4 Å². The van der Waals surface area contributed by atoms with Crippen molar-refractivity contribution < 1.29 is 9.59 Å². The van der Waals surface area contributed by atoms with Crippen LogP contribution >= 0.6 is 38.9 Å². The first kappa shape index (κ1) is 24.9. The van der Waals surface area contributed by atoms with E-state index >= 15 is 0 Å². The maximum Gasteiger partial charge on any atom is 0.263 e. The molecule has 0 aliphatic rings. The van der Waals surface area contributed by atoms with Gasteiger partial charge >= 0.3 is 0 Å². The first-order valence-electron chi connectivity index (χ1n) is 11.2. The van der Waals surface area contributed by atoms with E-state index in [-0.39, 0.29) is 6.54 Å². The molecule has 2 aromatic heterocycles. The summed E-state index contributed by atoms with van der Waals surface area (Å²) in [6.45, 7) is -0.246. The van der Waals surface area contributed by atoms with Gasteiger partial charge in [0.25, 0.3) is 11.8 Å². The molecule has 0 aliphatic carbocycles. The summed E-state index contributed by atoms with van der Waals surface area (Å²) in [7, 11) is 0. The van der Waals surface area contributed by atoms with E-state index in [2.05, 4.69) is 31.8 Å². The zero-order valence-corrected chi connectivity index (χ0v) is 22.3. The molecular weight excluding hydrogens is 574 g/mol. The van der Waals surface area contributed by atoms with E-state index in [0.29, 0.717) is 21.2 Å². The largest absolute Gasteiger partial charge is 0.342 e. The maximum atomic E-state index is 12.6. The molecule has 0 saturated carbocycles. The third kappa shape index (κ3) is 5.64. The SMILES string of the molecule is O=C(CNC(=O)c1sc2ccccc2c1Cl)N/N=C\c1cn(-c2ccccc2)nc1-c1ccc(Br)cc1. The minimum atomic E-state index is -0.470. The van der Waals surface area contributed by atoms with Crippen LogP contribution in [0.25, 0.3) is 27.0 Å². The summed E-state index contributed by atoms with van der Waals surface area (Å²) in [5.41, 5.74) is 5.68. The number of amides is 2. The molecule has 7 nitrogen and oxygen atoms in total. The Bertz CT molecular complexity index is 1610. The van der Waals surface area contributed by atoms with Crippen molar-refractivity contribution in [2.45, 2.75) is 0 Å². The summed E-state index contributed by atoms with van der Waals surface area (Å²) in [4.78, 5) is 25.3. The Labute approximate surface area is 229 Å². The molecule has 0 bridgehead atoms. The molecule has 0 atom stereocenters. The summed E-state index contributed by atoms with van der Waals surface area (Å²) in [5, 5.41) is 12.6. The van der Waals surface area contributed by atoms with E-state index in [0.717, 1.165) is 25.8 Å². The molecule has 0 spiro atoms. The molecule has 0 aliphatic heterocycles. The van der Waals surface area contributed by atoms with Crippen molar-refractivity contribution in [2.24, 2.45) is 5.10 Å². The molecule has 5 aromatic rings. The van der Waals surface area contributed by atoms with Crippen molar-refractivity contribution in [3.63, 3.8) is 0 Å². The van der Waals surface area contributed by atoms with Crippen molar-refractivity contribution in [2.75, 3.05) is 6.54 Å². The second kappa shape index (κ2) is 11.1. The highest BCUT2D eigenvalue weighted by atomic mass is 79.9. The summed E-state index contributed by atoms with van der Waals surface area (Å²) in [5.74, 6) is -0.880. The number of halogens is 2. The zero-order valence-electron chi connectivity index (χ0n) is 19.2. The van der Waals surface area contributed by atoms with E-state index in [1.807, 2.05) is 85.1 Å². The average Bonchev–Trinajstić information content (AvgIpc) is 3.50. The van der Waals surface area contributed by atoms with Crippen LogP contribution < -0.4 is 10.7 Å². The lowest BCUT2D eigenvalue weighted by atomic mass is 10.1. The number of hydrazone groups is 1. The van der Waals surface area contributed by atoms with Crippen molar-refractivity contribution in [1.82, 2.24) is 20.5 Å². The summed E-state index contributed by atoms with van der Waals surface area (Å²) in [6, 6.07) is 25.0. The highest BCUT2D eigenvalue weighted by molar-refractivity contribution is 9.10.